The molecule has 1 amide bonds. The number of amides is 1. The zero-order chi connectivity index (χ0) is 24.6. The van der Waals surface area contributed by atoms with Crippen molar-refractivity contribution in [1.82, 2.24) is 10.2 Å². The van der Waals surface area contributed by atoms with Gasteiger partial charge in [-0.05, 0) is 55.2 Å². The molecule has 0 spiro atoms. The largest absolute Gasteiger partial charge is 0.494 e. The summed E-state index contributed by atoms with van der Waals surface area (Å²) < 4.78 is 30.9. The summed E-state index contributed by atoms with van der Waals surface area (Å²) in [4.78, 5) is 19.8. The van der Waals surface area contributed by atoms with Gasteiger partial charge in [-0.1, -0.05) is 0 Å². The number of carbonyl (C=O) groups excluding carboxylic acids is 1. The van der Waals surface area contributed by atoms with Crippen LogP contribution in [0, 0.1) is 17.7 Å². The fourth-order valence-corrected chi connectivity index (χ4v) is 5.64. The monoisotopic (exact) mass is 481 g/mol. The van der Waals surface area contributed by atoms with E-state index in [-0.39, 0.29) is 17.6 Å². The number of piperidine rings is 1. The Kier molecular flexibility index (Phi) is 6.51. The van der Waals surface area contributed by atoms with Gasteiger partial charge in [0.05, 0.1) is 36.6 Å². The molecule has 35 heavy (non-hydrogen) atoms. The lowest BCUT2D eigenvalue weighted by atomic mass is 9.80. The summed E-state index contributed by atoms with van der Waals surface area (Å²) in [6.45, 7) is 5.33. The molecule has 3 aliphatic rings. The summed E-state index contributed by atoms with van der Waals surface area (Å²) in [6.07, 6.45) is 1.58. The number of nitrogens with one attached hydrogen (secondary N) is 1. The van der Waals surface area contributed by atoms with Gasteiger partial charge in [-0.3, -0.25) is 14.7 Å². The quantitative estimate of drug-likeness (QED) is 0.611. The normalized spacial score (nSPS) is 25.9. The van der Waals surface area contributed by atoms with E-state index < -0.39 is 11.4 Å². The van der Waals surface area contributed by atoms with Crippen LogP contribution < -0.4 is 14.8 Å². The van der Waals surface area contributed by atoms with E-state index in [9.17, 15) is 9.18 Å². The molecule has 2 aromatic carbocycles. The molecule has 2 fully saturated rings. The van der Waals surface area contributed by atoms with Gasteiger partial charge in [-0.15, -0.1) is 0 Å². The molecule has 3 aliphatic heterocycles. The number of fused-ring (bicyclic) bond motifs is 2. The first kappa shape index (κ1) is 23.8. The van der Waals surface area contributed by atoms with Crippen molar-refractivity contribution in [3.8, 4) is 11.5 Å². The molecular weight excluding hydrogens is 449 g/mol. The minimum Gasteiger partial charge on any atom is -0.494 e. The van der Waals surface area contributed by atoms with Crippen molar-refractivity contribution in [2.45, 2.75) is 25.3 Å². The first-order chi connectivity index (χ1) is 16.9. The highest BCUT2D eigenvalue weighted by molar-refractivity contribution is 6.04. The van der Waals surface area contributed by atoms with E-state index in [1.165, 1.54) is 7.11 Å². The predicted octanol–water partition coefficient (Wildman–Crippen LogP) is 3.67. The van der Waals surface area contributed by atoms with Crippen molar-refractivity contribution in [2.75, 3.05) is 47.1 Å². The third-order valence-corrected chi connectivity index (χ3v) is 7.65. The lowest BCUT2D eigenvalue weighted by Gasteiger charge is -2.43. The minimum atomic E-state index is -0.509. The number of rotatable bonds is 7. The van der Waals surface area contributed by atoms with Gasteiger partial charge in [0.1, 0.15) is 12.4 Å². The van der Waals surface area contributed by atoms with Crippen LogP contribution in [0.25, 0.3) is 0 Å². The molecule has 186 valence electrons. The predicted molar refractivity (Wildman–Crippen MR) is 131 cm³/mol. The molecule has 0 aromatic heterocycles. The fraction of sp³-hybridized carbons (Fsp3) is 0.481. The number of likely N-dealkylation sites (tertiary alicyclic amines) is 1. The summed E-state index contributed by atoms with van der Waals surface area (Å²) in [5.41, 5.74) is 2.92. The number of halogens is 1. The smallest absolute Gasteiger partial charge is 0.224 e. The van der Waals surface area contributed by atoms with Crippen molar-refractivity contribution in [3.63, 3.8) is 0 Å². The summed E-state index contributed by atoms with van der Waals surface area (Å²) in [6, 6.07) is 11.1. The fourth-order valence-electron chi connectivity index (χ4n) is 5.64. The zero-order valence-corrected chi connectivity index (χ0v) is 20.5. The topological polar surface area (TPSA) is 72.4 Å². The van der Waals surface area contributed by atoms with Crippen molar-refractivity contribution in [2.24, 2.45) is 16.8 Å². The lowest BCUT2D eigenvalue weighted by molar-refractivity contribution is -0.127. The highest BCUT2D eigenvalue weighted by Crippen LogP contribution is 2.48. The molecule has 2 aromatic rings. The molecule has 3 heterocycles. The van der Waals surface area contributed by atoms with Crippen molar-refractivity contribution in [1.29, 1.82) is 0 Å². The average molecular weight is 482 g/mol. The maximum atomic E-state index is 14.9. The molecule has 7 nitrogen and oxygen atoms in total. The highest BCUT2D eigenvalue weighted by atomic mass is 19.1. The number of hydrogen-bond donors (Lipinski definition) is 1. The zero-order valence-electron chi connectivity index (χ0n) is 20.5. The van der Waals surface area contributed by atoms with E-state index in [1.807, 2.05) is 24.3 Å². The van der Waals surface area contributed by atoms with Crippen molar-refractivity contribution in [3.05, 3.63) is 53.3 Å². The van der Waals surface area contributed by atoms with Crippen LogP contribution in [0.15, 0.2) is 41.4 Å². The van der Waals surface area contributed by atoms with E-state index in [0.29, 0.717) is 37.8 Å². The van der Waals surface area contributed by atoms with Gasteiger partial charge in [0.2, 0.25) is 5.91 Å². The second-order valence-electron chi connectivity index (χ2n) is 9.73. The molecule has 1 N–H and O–H groups in total. The maximum absolute atomic E-state index is 14.9. The number of benzene rings is 2. The molecule has 0 radical (unpaired) electrons. The van der Waals surface area contributed by atoms with E-state index in [2.05, 4.69) is 17.1 Å². The Labute approximate surface area is 205 Å². The van der Waals surface area contributed by atoms with E-state index in [1.54, 1.807) is 19.2 Å². The Morgan fingerprint density at radius 1 is 1.17 bits per heavy atom. The molecule has 0 aliphatic carbocycles. The molecule has 3 unspecified atom stereocenters. The average Bonchev–Trinajstić information content (AvgIpc) is 3.31. The number of nitrogens with zero attached hydrogens (tertiary/aromatic N) is 2. The van der Waals surface area contributed by atoms with Gasteiger partial charge in [0.25, 0.3) is 0 Å². The molecule has 5 rings (SSSR count). The minimum absolute atomic E-state index is 0.0297. The van der Waals surface area contributed by atoms with Crippen LogP contribution in [-0.4, -0.2) is 63.6 Å². The highest BCUT2D eigenvalue weighted by Gasteiger charge is 2.48. The summed E-state index contributed by atoms with van der Waals surface area (Å²) in [7, 11) is 3.11. The van der Waals surface area contributed by atoms with Gasteiger partial charge in [0, 0.05) is 44.8 Å². The SMILES string of the molecule is COCCOc1ccc(C2=Nc3cc(OC)c(F)cc3C(C)(N3CC4CCNC(=O)C4C3)C2)cc1. The molecule has 3 atom stereocenters. The number of hydrogen-bond acceptors (Lipinski definition) is 6. The number of methoxy groups -OCH3 is 2. The van der Waals surface area contributed by atoms with Crippen LogP contribution in [0.1, 0.15) is 30.9 Å². The van der Waals surface area contributed by atoms with Crippen LogP contribution in [0.4, 0.5) is 10.1 Å². The molecule has 8 heteroatoms. The first-order valence-electron chi connectivity index (χ1n) is 12.1. The van der Waals surface area contributed by atoms with Crippen molar-refractivity contribution >= 4 is 17.3 Å². The van der Waals surface area contributed by atoms with Crippen LogP contribution in [0.3, 0.4) is 0 Å². The molecule has 0 saturated carbocycles. The summed E-state index contributed by atoms with van der Waals surface area (Å²) >= 11 is 0. The van der Waals surface area contributed by atoms with Crippen LogP contribution >= 0.6 is 0 Å². The van der Waals surface area contributed by atoms with Crippen LogP contribution in [-0.2, 0) is 15.1 Å². The summed E-state index contributed by atoms with van der Waals surface area (Å²) in [5.74, 6) is 0.956. The second-order valence-corrected chi connectivity index (χ2v) is 9.73. The van der Waals surface area contributed by atoms with Crippen LogP contribution in [0.5, 0.6) is 11.5 Å². The Morgan fingerprint density at radius 3 is 2.69 bits per heavy atom. The second kappa shape index (κ2) is 9.59. The lowest BCUT2D eigenvalue weighted by Crippen LogP contribution is -2.46. The third-order valence-electron chi connectivity index (χ3n) is 7.65. The number of aliphatic imine (C=N–C) groups is 1. The van der Waals surface area contributed by atoms with Gasteiger partial charge >= 0.3 is 0 Å². The number of carbonyl (C=O) groups is 1. The third kappa shape index (κ3) is 4.41. The Morgan fingerprint density at radius 2 is 1.97 bits per heavy atom. The first-order valence-corrected chi connectivity index (χ1v) is 12.1. The van der Waals surface area contributed by atoms with Crippen LogP contribution in [0.2, 0.25) is 0 Å². The van der Waals surface area contributed by atoms with Crippen molar-refractivity contribution < 1.29 is 23.4 Å². The molecular formula is C27H32FN3O4. The molecule has 0 bridgehead atoms. The van der Waals surface area contributed by atoms with E-state index >= 15 is 0 Å². The van der Waals surface area contributed by atoms with E-state index in [0.717, 1.165) is 42.1 Å². The van der Waals surface area contributed by atoms with Gasteiger partial charge < -0.3 is 19.5 Å². The Balaban J connectivity index is 1.50. The molecule has 2 saturated heterocycles. The summed E-state index contributed by atoms with van der Waals surface area (Å²) in [5, 5.41) is 3.01. The number of ether oxygens (including phenoxy) is 3. The van der Waals surface area contributed by atoms with Gasteiger partial charge in [-0.2, -0.15) is 0 Å². The maximum Gasteiger partial charge on any atom is 0.224 e. The van der Waals surface area contributed by atoms with Gasteiger partial charge in [-0.25, -0.2) is 4.39 Å². The van der Waals surface area contributed by atoms with Gasteiger partial charge in [0.15, 0.2) is 11.6 Å². The standard InChI is InChI=1S/C27H32FN3O4/c1-27(31-15-18-8-9-29-26(32)20(18)16-31)14-24(17-4-6-19(7-5-17)35-11-10-33-2)30-23-13-25(34-3)22(28)12-21(23)27/h4-7,12-13,18,20H,8-11,14-16H2,1-3H3,(H,29,32). The Bertz CT molecular complexity index is 1140. The Hall–Kier alpha value is -2.97. The van der Waals surface area contributed by atoms with E-state index in [4.69, 9.17) is 19.2 Å².